The highest BCUT2D eigenvalue weighted by Crippen LogP contribution is 2.09. The zero-order valence-corrected chi connectivity index (χ0v) is 5.84. The summed E-state index contributed by atoms with van der Waals surface area (Å²) in [4.78, 5) is 16.5. The van der Waals surface area contributed by atoms with Gasteiger partial charge in [0.1, 0.15) is 0 Å². The predicted molar refractivity (Wildman–Crippen MR) is 34.0 cm³/mol. The Morgan fingerprint density at radius 1 is 1.73 bits per heavy atom. The first-order chi connectivity index (χ1) is 5.11. The Morgan fingerprint density at radius 2 is 2.36 bits per heavy atom. The van der Waals surface area contributed by atoms with Gasteiger partial charge in [-0.25, -0.2) is 14.8 Å². The van der Waals surface area contributed by atoms with Gasteiger partial charge in [0.2, 0.25) is 5.95 Å². The van der Waals surface area contributed by atoms with Crippen molar-refractivity contribution in [1.82, 2.24) is 9.97 Å². The van der Waals surface area contributed by atoms with Gasteiger partial charge in [-0.3, -0.25) is 0 Å². The number of aromatic carboxylic acids is 1. The molecule has 0 aliphatic rings. The van der Waals surface area contributed by atoms with Crippen molar-refractivity contribution in [1.29, 1.82) is 0 Å². The molecule has 0 saturated heterocycles. The van der Waals surface area contributed by atoms with Crippen LogP contribution in [-0.2, 0) is 0 Å². The third kappa shape index (κ3) is 1.62. The fourth-order valence-corrected chi connectivity index (χ4v) is 0.661. The van der Waals surface area contributed by atoms with Crippen LogP contribution in [0.15, 0.2) is 6.20 Å². The number of rotatable bonds is 1. The predicted octanol–water partition coefficient (Wildman–Crippen LogP) is 0.967. The van der Waals surface area contributed by atoms with Crippen LogP contribution < -0.4 is 0 Å². The van der Waals surface area contributed by atoms with Crippen LogP contribution in [-0.4, -0.2) is 21.0 Å². The van der Waals surface area contributed by atoms with E-state index in [0.29, 0.717) is 0 Å². The third-order valence-corrected chi connectivity index (χ3v) is 1.18. The molecule has 0 aliphatic heterocycles. The summed E-state index contributed by atoms with van der Waals surface area (Å²) in [6, 6.07) is 0. The van der Waals surface area contributed by atoms with E-state index in [2.05, 4.69) is 9.97 Å². The molecule has 0 unspecified atom stereocenters. The van der Waals surface area contributed by atoms with Crippen LogP contribution in [0.3, 0.4) is 0 Å². The Kier molecular flexibility index (Phi) is 2.00. The van der Waals surface area contributed by atoms with Crippen molar-refractivity contribution in [2.24, 2.45) is 0 Å². The van der Waals surface area contributed by atoms with Gasteiger partial charge >= 0.3 is 5.97 Å². The maximum Gasteiger partial charge on any atom is 0.357 e. The Morgan fingerprint density at radius 3 is 2.82 bits per heavy atom. The third-order valence-electron chi connectivity index (χ3n) is 0.901. The Balaban J connectivity index is 3.23. The Labute approximate surface area is 65.7 Å². The number of hydrogen-bond donors (Lipinski definition) is 1. The average Bonchev–Trinajstić information content (AvgIpc) is 1.94. The largest absolute Gasteiger partial charge is 0.476 e. The summed E-state index contributed by atoms with van der Waals surface area (Å²) in [5.74, 6) is -2.37. The minimum atomic E-state index is -1.40. The van der Waals surface area contributed by atoms with Crippen molar-refractivity contribution in [3.05, 3.63) is 23.0 Å². The van der Waals surface area contributed by atoms with E-state index in [9.17, 15) is 9.18 Å². The van der Waals surface area contributed by atoms with Gasteiger partial charge in [-0.1, -0.05) is 11.6 Å². The second-order valence-electron chi connectivity index (χ2n) is 1.64. The fraction of sp³-hybridized carbons (Fsp3) is 0. The zero-order chi connectivity index (χ0) is 8.43. The summed E-state index contributed by atoms with van der Waals surface area (Å²) in [5.41, 5.74) is -0.577. The van der Waals surface area contributed by atoms with E-state index in [0.717, 1.165) is 6.20 Å². The molecule has 11 heavy (non-hydrogen) atoms. The highest BCUT2D eigenvalue weighted by atomic mass is 35.5. The smallest absolute Gasteiger partial charge is 0.357 e. The second kappa shape index (κ2) is 2.79. The van der Waals surface area contributed by atoms with E-state index in [1.54, 1.807) is 0 Å². The number of nitrogens with zero attached hydrogens (tertiary/aromatic N) is 2. The van der Waals surface area contributed by atoms with Crippen LogP contribution in [0.5, 0.6) is 0 Å². The van der Waals surface area contributed by atoms with Gasteiger partial charge in [0.25, 0.3) is 0 Å². The van der Waals surface area contributed by atoms with Gasteiger partial charge in [0.15, 0.2) is 10.8 Å². The lowest BCUT2D eigenvalue weighted by Crippen LogP contribution is -2.04. The standard InChI is InChI=1S/C5H2ClFN2O2/c6-4-3(5(10)11)9-2(7)1-8-4/h1H,(H,10,11). The summed E-state index contributed by atoms with van der Waals surface area (Å²) in [7, 11) is 0. The van der Waals surface area contributed by atoms with E-state index in [1.807, 2.05) is 0 Å². The molecule has 0 aliphatic carbocycles. The lowest BCUT2D eigenvalue weighted by molar-refractivity contribution is 0.0688. The fourth-order valence-electron chi connectivity index (χ4n) is 0.489. The molecular formula is C5H2ClFN2O2. The molecule has 0 bridgehead atoms. The molecule has 0 fully saturated rings. The van der Waals surface area contributed by atoms with Gasteiger partial charge in [-0.2, -0.15) is 4.39 Å². The van der Waals surface area contributed by atoms with E-state index in [4.69, 9.17) is 16.7 Å². The quantitative estimate of drug-likeness (QED) is 0.693. The molecule has 0 saturated carbocycles. The molecule has 0 amide bonds. The number of halogens is 2. The van der Waals surface area contributed by atoms with Crippen molar-refractivity contribution in [3.63, 3.8) is 0 Å². The van der Waals surface area contributed by atoms with Crippen LogP contribution in [0.1, 0.15) is 10.5 Å². The molecular weight excluding hydrogens is 175 g/mol. The topological polar surface area (TPSA) is 63.1 Å². The van der Waals surface area contributed by atoms with Crippen molar-refractivity contribution in [2.75, 3.05) is 0 Å². The highest BCUT2D eigenvalue weighted by molar-refractivity contribution is 6.31. The average molecular weight is 177 g/mol. The number of aromatic nitrogens is 2. The minimum Gasteiger partial charge on any atom is -0.476 e. The SMILES string of the molecule is O=C(O)c1nc(F)cnc1Cl. The molecule has 1 rings (SSSR count). The molecule has 1 heterocycles. The molecule has 1 N–H and O–H groups in total. The summed E-state index contributed by atoms with van der Waals surface area (Å²) < 4.78 is 12.2. The van der Waals surface area contributed by atoms with Crippen LogP contribution in [0.25, 0.3) is 0 Å². The molecule has 1 aromatic rings. The molecule has 0 aromatic carbocycles. The van der Waals surface area contributed by atoms with Gasteiger partial charge in [0.05, 0.1) is 6.20 Å². The lowest BCUT2D eigenvalue weighted by atomic mass is 10.5. The summed E-state index contributed by atoms with van der Waals surface area (Å²) in [5, 5.41) is 8.02. The first kappa shape index (κ1) is 7.87. The van der Waals surface area contributed by atoms with Crippen molar-refractivity contribution in [2.45, 2.75) is 0 Å². The second-order valence-corrected chi connectivity index (χ2v) is 2.00. The van der Waals surface area contributed by atoms with E-state index in [-0.39, 0.29) is 5.15 Å². The molecule has 0 atom stereocenters. The minimum absolute atomic E-state index is 0.320. The van der Waals surface area contributed by atoms with Crippen LogP contribution in [0.2, 0.25) is 5.15 Å². The van der Waals surface area contributed by atoms with Crippen LogP contribution in [0.4, 0.5) is 4.39 Å². The normalized spacial score (nSPS) is 9.64. The Hall–Kier alpha value is -1.23. The molecule has 0 radical (unpaired) electrons. The van der Waals surface area contributed by atoms with Crippen molar-refractivity contribution in [3.8, 4) is 0 Å². The van der Waals surface area contributed by atoms with Crippen molar-refractivity contribution < 1.29 is 14.3 Å². The zero-order valence-electron chi connectivity index (χ0n) is 5.08. The number of hydrogen-bond acceptors (Lipinski definition) is 3. The highest BCUT2D eigenvalue weighted by Gasteiger charge is 2.12. The van der Waals surface area contributed by atoms with Crippen LogP contribution in [0, 0.1) is 5.95 Å². The first-order valence-electron chi connectivity index (χ1n) is 2.52. The maximum absolute atomic E-state index is 12.2. The first-order valence-corrected chi connectivity index (χ1v) is 2.90. The van der Waals surface area contributed by atoms with Gasteiger partial charge < -0.3 is 5.11 Å². The molecule has 1 aromatic heterocycles. The van der Waals surface area contributed by atoms with E-state index in [1.165, 1.54) is 0 Å². The number of carboxylic acids is 1. The molecule has 6 heteroatoms. The van der Waals surface area contributed by atoms with Crippen molar-refractivity contribution >= 4 is 17.6 Å². The van der Waals surface area contributed by atoms with E-state index < -0.39 is 17.6 Å². The molecule has 4 nitrogen and oxygen atoms in total. The lowest BCUT2D eigenvalue weighted by Gasteiger charge is -1.94. The van der Waals surface area contributed by atoms with Gasteiger partial charge in [0, 0.05) is 0 Å². The maximum atomic E-state index is 12.2. The summed E-state index contributed by atoms with van der Waals surface area (Å²) in [6.45, 7) is 0. The molecule has 0 spiro atoms. The number of carbonyl (C=O) groups is 1. The number of carboxylic acid groups (broad SMARTS) is 1. The van der Waals surface area contributed by atoms with Gasteiger partial charge in [-0.05, 0) is 0 Å². The van der Waals surface area contributed by atoms with Gasteiger partial charge in [-0.15, -0.1) is 0 Å². The molecule has 58 valence electrons. The summed E-state index contributed by atoms with van der Waals surface area (Å²) >= 11 is 5.27. The Bertz CT molecular complexity index is 305. The summed E-state index contributed by atoms with van der Waals surface area (Å²) in [6.07, 6.45) is 0.745. The van der Waals surface area contributed by atoms with Crippen LogP contribution >= 0.6 is 11.6 Å². The monoisotopic (exact) mass is 176 g/mol. The van der Waals surface area contributed by atoms with E-state index >= 15 is 0 Å².